The molecule has 0 spiro atoms. The van der Waals surface area contributed by atoms with Gasteiger partial charge in [-0.2, -0.15) is 0 Å². The van der Waals surface area contributed by atoms with E-state index in [2.05, 4.69) is 37.7 Å². The third-order valence-electron chi connectivity index (χ3n) is 4.78. The summed E-state index contributed by atoms with van der Waals surface area (Å²) in [6.07, 6.45) is 0. The number of amides is 1. The molecule has 0 aliphatic heterocycles. The lowest BCUT2D eigenvalue weighted by Gasteiger charge is -2.26. The lowest BCUT2D eigenvalue weighted by molar-refractivity contribution is 0.0910. The van der Waals surface area contributed by atoms with E-state index < -0.39 is 10.0 Å². The van der Waals surface area contributed by atoms with E-state index in [0.717, 1.165) is 5.56 Å². The Balaban J connectivity index is 2.31. The van der Waals surface area contributed by atoms with E-state index in [1.165, 1.54) is 6.07 Å². The number of anilines is 1. The molecule has 2 aromatic carbocycles. The maximum atomic E-state index is 12.9. The van der Waals surface area contributed by atoms with Gasteiger partial charge in [0, 0.05) is 17.3 Å². The van der Waals surface area contributed by atoms with Gasteiger partial charge >= 0.3 is 0 Å². The fourth-order valence-electron chi connectivity index (χ4n) is 3.20. The van der Waals surface area contributed by atoms with Crippen LogP contribution in [0.4, 0.5) is 5.69 Å². The van der Waals surface area contributed by atoms with Crippen LogP contribution in [0.5, 0.6) is 0 Å². The summed E-state index contributed by atoms with van der Waals surface area (Å²) < 4.78 is 28.3. The average molecular weight is 403 g/mol. The van der Waals surface area contributed by atoms with Crippen molar-refractivity contribution in [1.29, 1.82) is 0 Å². The molecule has 28 heavy (non-hydrogen) atoms. The molecular weight excluding hydrogens is 372 g/mol. The number of sulfonamides is 1. The normalized spacial score (nSPS) is 11.9. The first-order chi connectivity index (χ1) is 13.0. The monoisotopic (exact) mass is 402 g/mol. The Bertz CT molecular complexity index is 925. The van der Waals surface area contributed by atoms with E-state index in [9.17, 15) is 13.2 Å². The van der Waals surface area contributed by atoms with Crippen LogP contribution >= 0.6 is 0 Å². The Labute approximate surface area is 168 Å². The highest BCUT2D eigenvalue weighted by atomic mass is 32.2. The van der Waals surface area contributed by atoms with Gasteiger partial charge in [-0.3, -0.25) is 9.52 Å². The third kappa shape index (κ3) is 5.35. The smallest absolute Gasteiger partial charge is 0.262 e. The van der Waals surface area contributed by atoms with Gasteiger partial charge in [-0.25, -0.2) is 8.42 Å². The van der Waals surface area contributed by atoms with Crippen molar-refractivity contribution in [3.05, 3.63) is 59.2 Å². The molecule has 1 amide bonds. The third-order valence-corrected chi connectivity index (χ3v) is 6.30. The Morgan fingerprint density at radius 3 is 2.00 bits per heavy atom. The molecule has 2 N–H and O–H groups in total. The quantitative estimate of drug-likeness (QED) is 0.715. The van der Waals surface area contributed by atoms with Crippen LogP contribution in [0, 0.1) is 25.7 Å². The molecule has 5 nitrogen and oxygen atoms in total. The van der Waals surface area contributed by atoms with Crippen LogP contribution in [-0.4, -0.2) is 20.4 Å². The van der Waals surface area contributed by atoms with Crippen molar-refractivity contribution < 1.29 is 13.2 Å². The summed E-state index contributed by atoms with van der Waals surface area (Å²) in [5, 5.41) is 3.03. The first-order valence-electron chi connectivity index (χ1n) is 9.52. The molecule has 0 fully saturated rings. The van der Waals surface area contributed by atoms with Crippen molar-refractivity contribution in [2.45, 2.75) is 52.5 Å². The molecular formula is C22H30N2O3S. The van der Waals surface area contributed by atoms with E-state index in [4.69, 9.17) is 0 Å². The second-order valence-electron chi connectivity index (χ2n) is 7.94. The van der Waals surface area contributed by atoms with Crippen molar-refractivity contribution >= 4 is 21.6 Å². The largest absolute Gasteiger partial charge is 0.349 e. The zero-order valence-corrected chi connectivity index (χ0v) is 18.2. The van der Waals surface area contributed by atoms with E-state index in [0.29, 0.717) is 16.8 Å². The first-order valence-corrected chi connectivity index (χ1v) is 11.0. The summed E-state index contributed by atoms with van der Waals surface area (Å²) in [5.74, 6) is 0.292. The van der Waals surface area contributed by atoms with E-state index in [-0.39, 0.29) is 28.7 Å². The Kier molecular flexibility index (Phi) is 6.88. The minimum absolute atomic E-state index is 0.0135. The molecule has 0 radical (unpaired) electrons. The maximum absolute atomic E-state index is 12.9. The predicted octanol–water partition coefficient (Wildman–Crippen LogP) is 4.51. The lowest BCUT2D eigenvalue weighted by atomic mass is 9.93. The Morgan fingerprint density at radius 1 is 0.893 bits per heavy atom. The molecule has 0 saturated carbocycles. The molecule has 0 aliphatic rings. The number of carbonyl (C=O) groups excluding carboxylic acids is 1. The number of aryl methyl sites for hydroxylation is 2. The first kappa shape index (κ1) is 22.0. The highest BCUT2D eigenvalue weighted by Crippen LogP contribution is 2.22. The molecule has 0 unspecified atom stereocenters. The Morgan fingerprint density at radius 2 is 1.46 bits per heavy atom. The van der Waals surface area contributed by atoms with Crippen LogP contribution in [0.3, 0.4) is 0 Å². The number of hydrogen-bond acceptors (Lipinski definition) is 3. The summed E-state index contributed by atoms with van der Waals surface area (Å²) in [5.41, 5.74) is 2.45. The van der Waals surface area contributed by atoms with Crippen LogP contribution in [-0.2, 0) is 10.0 Å². The van der Waals surface area contributed by atoms with Crippen LogP contribution in [0.15, 0.2) is 47.4 Å². The van der Waals surface area contributed by atoms with E-state index >= 15 is 0 Å². The summed E-state index contributed by atoms with van der Waals surface area (Å²) in [6.45, 7) is 11.9. The highest BCUT2D eigenvalue weighted by molar-refractivity contribution is 7.92. The second kappa shape index (κ2) is 8.78. The number of hydrogen-bond donors (Lipinski definition) is 2. The van der Waals surface area contributed by atoms with Gasteiger partial charge in [0.2, 0.25) is 0 Å². The lowest BCUT2D eigenvalue weighted by Crippen LogP contribution is -2.42. The van der Waals surface area contributed by atoms with E-state index in [1.807, 2.05) is 19.1 Å². The number of nitrogens with one attached hydrogen (secondary N) is 2. The summed E-state index contributed by atoms with van der Waals surface area (Å²) >= 11 is 0. The van der Waals surface area contributed by atoms with Crippen LogP contribution in [0.2, 0.25) is 0 Å². The minimum atomic E-state index is -3.80. The molecule has 2 aromatic rings. The van der Waals surface area contributed by atoms with Crippen molar-refractivity contribution in [3.8, 4) is 0 Å². The molecule has 0 bridgehead atoms. The van der Waals surface area contributed by atoms with Crippen LogP contribution in [0.1, 0.15) is 49.2 Å². The Hall–Kier alpha value is -2.34. The second-order valence-corrected chi connectivity index (χ2v) is 9.59. The van der Waals surface area contributed by atoms with Gasteiger partial charge in [0.25, 0.3) is 15.9 Å². The van der Waals surface area contributed by atoms with Crippen molar-refractivity contribution in [2.75, 3.05) is 4.72 Å². The number of rotatable bonds is 7. The topological polar surface area (TPSA) is 75.3 Å². The zero-order valence-electron chi connectivity index (χ0n) is 17.4. The molecule has 0 atom stereocenters. The molecule has 6 heteroatoms. The number of carbonyl (C=O) groups is 1. The van der Waals surface area contributed by atoms with Gasteiger partial charge in [-0.1, -0.05) is 51.5 Å². The van der Waals surface area contributed by atoms with Gasteiger partial charge in [0.1, 0.15) is 0 Å². The van der Waals surface area contributed by atoms with Crippen molar-refractivity contribution in [3.63, 3.8) is 0 Å². The van der Waals surface area contributed by atoms with Crippen LogP contribution < -0.4 is 10.0 Å². The predicted molar refractivity (Wildman–Crippen MR) is 114 cm³/mol. The fourth-order valence-corrected chi connectivity index (χ4v) is 4.53. The molecule has 0 saturated heterocycles. The minimum Gasteiger partial charge on any atom is -0.349 e. The molecule has 2 rings (SSSR count). The molecule has 0 aromatic heterocycles. The highest BCUT2D eigenvalue weighted by Gasteiger charge is 2.23. The van der Waals surface area contributed by atoms with Crippen LogP contribution in [0.25, 0.3) is 0 Å². The zero-order chi connectivity index (χ0) is 21.1. The van der Waals surface area contributed by atoms with Crippen molar-refractivity contribution in [1.82, 2.24) is 5.32 Å². The molecule has 0 aliphatic carbocycles. The van der Waals surface area contributed by atoms with E-state index in [1.54, 1.807) is 31.2 Å². The maximum Gasteiger partial charge on any atom is 0.262 e. The summed E-state index contributed by atoms with van der Waals surface area (Å²) in [7, 11) is -3.80. The summed E-state index contributed by atoms with van der Waals surface area (Å²) in [6, 6.07) is 11.9. The molecule has 0 heterocycles. The fraction of sp³-hybridized carbons (Fsp3) is 0.409. The number of benzene rings is 2. The van der Waals surface area contributed by atoms with Gasteiger partial charge < -0.3 is 5.32 Å². The summed E-state index contributed by atoms with van der Waals surface area (Å²) in [4.78, 5) is 12.8. The molecule has 152 valence electrons. The standard InChI is InChI=1S/C22H30N2O3S/c1-14(2)21(15(3)4)23-22(25)18-10-9-17(6)20(13-18)28(26,27)24-19-11-7-16(5)8-12-19/h7-15,21,24H,1-6H3,(H,23,25). The van der Waals surface area contributed by atoms with Gasteiger partial charge in [-0.15, -0.1) is 0 Å². The average Bonchev–Trinajstić information content (AvgIpc) is 2.60. The van der Waals surface area contributed by atoms with Crippen molar-refractivity contribution in [2.24, 2.45) is 11.8 Å². The van der Waals surface area contributed by atoms with Gasteiger partial charge in [0.05, 0.1) is 4.90 Å². The SMILES string of the molecule is Cc1ccc(NS(=O)(=O)c2cc(C(=O)NC(C(C)C)C(C)C)ccc2C)cc1. The van der Waals surface area contributed by atoms with Gasteiger partial charge in [0.15, 0.2) is 0 Å². The van der Waals surface area contributed by atoms with Gasteiger partial charge in [-0.05, 0) is 55.5 Å².